The first kappa shape index (κ1) is 21.0. The van der Waals surface area contributed by atoms with E-state index in [0.29, 0.717) is 13.1 Å². The van der Waals surface area contributed by atoms with E-state index in [1.807, 2.05) is 56.9 Å². The Morgan fingerprint density at radius 3 is 2.20 bits per heavy atom. The minimum absolute atomic E-state index is 0.0691. The highest BCUT2D eigenvalue weighted by Gasteiger charge is 2.17. The molecule has 0 saturated heterocycles. The third-order valence-corrected chi connectivity index (χ3v) is 3.59. The van der Waals surface area contributed by atoms with Crippen LogP contribution in [-0.2, 0) is 16.0 Å². The zero-order valence-electron chi connectivity index (χ0n) is 16.0. The molecule has 0 fully saturated rings. The molecule has 0 radical (unpaired) electrons. The number of amides is 2. The molecule has 0 atom stereocenters. The molecule has 25 heavy (non-hydrogen) atoms. The maximum absolute atomic E-state index is 12.1. The summed E-state index contributed by atoms with van der Waals surface area (Å²) in [6, 6.07) is 7.79. The summed E-state index contributed by atoms with van der Waals surface area (Å²) in [5, 5.41) is 5.81. The summed E-state index contributed by atoms with van der Waals surface area (Å²) in [4.78, 5) is 25.9. The molecule has 0 unspecified atom stereocenters. The van der Waals surface area contributed by atoms with Crippen LogP contribution in [0.1, 0.15) is 33.3 Å². The molecule has 0 aliphatic carbocycles. The predicted molar refractivity (Wildman–Crippen MR) is 99.7 cm³/mol. The Morgan fingerprint density at radius 2 is 1.68 bits per heavy atom. The van der Waals surface area contributed by atoms with Gasteiger partial charge in [0.15, 0.2) is 0 Å². The SMILES string of the molecule is CCN(CC(=O)NCCc1ccc(OC)cc1)CC(=O)NC(C)(C)C. The summed E-state index contributed by atoms with van der Waals surface area (Å²) < 4.78 is 5.12. The van der Waals surface area contributed by atoms with E-state index in [0.717, 1.165) is 17.7 Å². The smallest absolute Gasteiger partial charge is 0.234 e. The maximum atomic E-state index is 12.1. The van der Waals surface area contributed by atoms with Crippen molar-refractivity contribution in [1.82, 2.24) is 15.5 Å². The van der Waals surface area contributed by atoms with E-state index in [1.165, 1.54) is 0 Å². The molecule has 0 aliphatic rings. The Hall–Kier alpha value is -2.08. The molecule has 1 aromatic rings. The van der Waals surface area contributed by atoms with Gasteiger partial charge in [-0.25, -0.2) is 0 Å². The number of carbonyl (C=O) groups excluding carboxylic acids is 2. The van der Waals surface area contributed by atoms with Gasteiger partial charge in [-0.1, -0.05) is 19.1 Å². The Bertz CT molecular complexity index is 550. The number of carbonyl (C=O) groups is 2. The molecule has 0 saturated carbocycles. The molecule has 0 aliphatic heterocycles. The van der Waals surface area contributed by atoms with Gasteiger partial charge >= 0.3 is 0 Å². The van der Waals surface area contributed by atoms with E-state index in [2.05, 4.69) is 10.6 Å². The monoisotopic (exact) mass is 349 g/mol. The molecule has 0 spiro atoms. The highest BCUT2D eigenvalue weighted by Crippen LogP contribution is 2.11. The largest absolute Gasteiger partial charge is 0.497 e. The third-order valence-electron chi connectivity index (χ3n) is 3.59. The van der Waals surface area contributed by atoms with E-state index >= 15 is 0 Å². The van der Waals surface area contributed by atoms with E-state index < -0.39 is 0 Å². The highest BCUT2D eigenvalue weighted by molar-refractivity contribution is 5.81. The van der Waals surface area contributed by atoms with E-state index in [-0.39, 0.29) is 30.4 Å². The Kier molecular flexibility index (Phi) is 8.41. The van der Waals surface area contributed by atoms with Crippen molar-refractivity contribution < 1.29 is 14.3 Å². The van der Waals surface area contributed by atoms with Crippen LogP contribution >= 0.6 is 0 Å². The number of methoxy groups -OCH3 is 1. The van der Waals surface area contributed by atoms with Crippen molar-refractivity contribution in [2.24, 2.45) is 0 Å². The minimum Gasteiger partial charge on any atom is -0.497 e. The first-order chi connectivity index (χ1) is 11.7. The van der Waals surface area contributed by atoms with Gasteiger partial charge in [-0.3, -0.25) is 14.5 Å². The normalized spacial score (nSPS) is 11.3. The minimum atomic E-state index is -0.267. The summed E-state index contributed by atoms with van der Waals surface area (Å²) in [5.74, 6) is 0.680. The fourth-order valence-corrected chi connectivity index (χ4v) is 2.34. The lowest BCUT2D eigenvalue weighted by Gasteiger charge is -2.24. The van der Waals surface area contributed by atoms with Crippen molar-refractivity contribution in [3.63, 3.8) is 0 Å². The second-order valence-electron chi connectivity index (χ2n) is 7.05. The van der Waals surface area contributed by atoms with Crippen LogP contribution in [0.25, 0.3) is 0 Å². The Balaban J connectivity index is 2.34. The lowest BCUT2D eigenvalue weighted by atomic mass is 10.1. The Morgan fingerprint density at radius 1 is 1.08 bits per heavy atom. The van der Waals surface area contributed by atoms with Crippen molar-refractivity contribution in [3.05, 3.63) is 29.8 Å². The fraction of sp³-hybridized carbons (Fsp3) is 0.579. The zero-order chi connectivity index (χ0) is 18.9. The number of nitrogens with one attached hydrogen (secondary N) is 2. The van der Waals surface area contributed by atoms with Gasteiger partial charge in [-0.05, 0) is 51.4 Å². The number of likely N-dealkylation sites (N-methyl/N-ethyl adjacent to an activating group) is 1. The molecule has 0 bridgehead atoms. The lowest BCUT2D eigenvalue weighted by Crippen LogP contribution is -2.48. The second-order valence-corrected chi connectivity index (χ2v) is 7.05. The van der Waals surface area contributed by atoms with Crippen molar-refractivity contribution in [1.29, 1.82) is 0 Å². The van der Waals surface area contributed by atoms with Crippen LogP contribution in [0.15, 0.2) is 24.3 Å². The van der Waals surface area contributed by atoms with Gasteiger partial charge in [0.05, 0.1) is 20.2 Å². The molecule has 6 heteroatoms. The van der Waals surface area contributed by atoms with Gasteiger partial charge in [0.1, 0.15) is 5.75 Å². The zero-order valence-corrected chi connectivity index (χ0v) is 16.0. The summed E-state index contributed by atoms with van der Waals surface area (Å²) in [5.41, 5.74) is 0.870. The average Bonchev–Trinajstić information content (AvgIpc) is 2.53. The molecule has 2 amide bonds. The summed E-state index contributed by atoms with van der Waals surface area (Å²) in [6.45, 7) is 9.40. The first-order valence-electron chi connectivity index (χ1n) is 8.66. The van der Waals surface area contributed by atoms with Crippen LogP contribution in [0.3, 0.4) is 0 Å². The molecule has 1 aromatic carbocycles. The number of rotatable bonds is 9. The first-order valence-corrected chi connectivity index (χ1v) is 8.66. The number of hydrogen-bond acceptors (Lipinski definition) is 4. The van der Waals surface area contributed by atoms with Crippen molar-refractivity contribution in [2.45, 2.75) is 39.7 Å². The van der Waals surface area contributed by atoms with E-state index in [9.17, 15) is 9.59 Å². The fourth-order valence-electron chi connectivity index (χ4n) is 2.34. The maximum Gasteiger partial charge on any atom is 0.234 e. The van der Waals surface area contributed by atoms with Gasteiger partial charge in [0, 0.05) is 12.1 Å². The molecular weight excluding hydrogens is 318 g/mol. The summed E-state index contributed by atoms with van der Waals surface area (Å²) in [7, 11) is 1.64. The molecular formula is C19H31N3O3. The van der Waals surface area contributed by atoms with Gasteiger partial charge in [0.25, 0.3) is 0 Å². The van der Waals surface area contributed by atoms with Crippen LogP contribution in [0.4, 0.5) is 0 Å². The molecule has 1 rings (SSSR count). The summed E-state index contributed by atoms with van der Waals surface area (Å²) in [6.07, 6.45) is 0.756. The van der Waals surface area contributed by atoms with Crippen LogP contribution in [0.2, 0.25) is 0 Å². The molecule has 6 nitrogen and oxygen atoms in total. The number of benzene rings is 1. The van der Waals surface area contributed by atoms with Crippen molar-refractivity contribution in [3.8, 4) is 5.75 Å². The average molecular weight is 349 g/mol. The lowest BCUT2D eigenvalue weighted by molar-refractivity contribution is -0.125. The van der Waals surface area contributed by atoms with Crippen LogP contribution in [0.5, 0.6) is 5.75 Å². The predicted octanol–water partition coefficient (Wildman–Crippen LogP) is 1.59. The van der Waals surface area contributed by atoms with Crippen LogP contribution < -0.4 is 15.4 Å². The number of hydrogen-bond donors (Lipinski definition) is 2. The topological polar surface area (TPSA) is 70.7 Å². The number of ether oxygens (including phenoxy) is 1. The van der Waals surface area contributed by atoms with Crippen LogP contribution in [0, 0.1) is 0 Å². The van der Waals surface area contributed by atoms with Gasteiger partial charge in [0.2, 0.25) is 11.8 Å². The van der Waals surface area contributed by atoms with Crippen LogP contribution in [-0.4, -0.2) is 55.5 Å². The van der Waals surface area contributed by atoms with Crippen molar-refractivity contribution in [2.75, 3.05) is 33.3 Å². The van der Waals surface area contributed by atoms with Gasteiger partial charge in [-0.2, -0.15) is 0 Å². The molecule has 140 valence electrons. The van der Waals surface area contributed by atoms with Gasteiger partial charge in [-0.15, -0.1) is 0 Å². The third kappa shape index (κ3) is 9.10. The standard InChI is InChI=1S/C19H31N3O3/c1-6-22(14-18(24)21-19(2,3)4)13-17(23)20-12-11-15-7-9-16(25-5)10-8-15/h7-10H,6,11-14H2,1-5H3,(H,20,23)(H,21,24). The Labute approximate surface area is 150 Å². The number of nitrogens with zero attached hydrogens (tertiary/aromatic N) is 1. The van der Waals surface area contributed by atoms with Crippen molar-refractivity contribution >= 4 is 11.8 Å². The summed E-state index contributed by atoms with van der Waals surface area (Å²) >= 11 is 0. The highest BCUT2D eigenvalue weighted by atomic mass is 16.5. The van der Waals surface area contributed by atoms with Gasteiger partial charge < -0.3 is 15.4 Å². The van der Waals surface area contributed by atoms with E-state index in [1.54, 1.807) is 7.11 Å². The molecule has 0 heterocycles. The molecule has 2 N–H and O–H groups in total. The second kappa shape index (κ2) is 10.0. The quantitative estimate of drug-likeness (QED) is 0.710. The van der Waals surface area contributed by atoms with E-state index in [4.69, 9.17) is 4.74 Å². The molecule has 0 aromatic heterocycles.